The summed E-state index contributed by atoms with van der Waals surface area (Å²) in [6.07, 6.45) is 1.94. The van der Waals surface area contributed by atoms with Gasteiger partial charge in [-0.2, -0.15) is 0 Å². The van der Waals surface area contributed by atoms with E-state index < -0.39 is 29.9 Å². The molecule has 2 amide bonds. The highest BCUT2D eigenvalue weighted by molar-refractivity contribution is 6.27. The Hall–Kier alpha value is -4.83. The SMILES string of the molecule is COC(=O)[C@H]1Cc2c([nH]c3ccccc23)[C@H](c2ccc(C(=O)OCc3cn(CCOCCOCCOCCNC(C)=O)nn3)cc2)N1C(=O)CCl. The van der Waals surface area contributed by atoms with Crippen LogP contribution in [0.1, 0.15) is 45.8 Å². The van der Waals surface area contributed by atoms with Crippen LogP contribution in [0.25, 0.3) is 10.9 Å². The molecule has 0 saturated carbocycles. The van der Waals surface area contributed by atoms with E-state index in [2.05, 4.69) is 20.6 Å². The second-order valence-corrected chi connectivity index (χ2v) is 11.9. The number of hydrogen-bond donors (Lipinski definition) is 2. The van der Waals surface area contributed by atoms with Gasteiger partial charge in [-0.25, -0.2) is 14.3 Å². The highest BCUT2D eigenvalue weighted by atomic mass is 35.5. The van der Waals surface area contributed by atoms with Crippen LogP contribution in [0.15, 0.2) is 54.7 Å². The minimum Gasteiger partial charge on any atom is -0.467 e. The Kier molecular flexibility index (Phi) is 13.5. The van der Waals surface area contributed by atoms with Crippen LogP contribution in [0.3, 0.4) is 0 Å². The topological polar surface area (TPSA) is 176 Å². The number of hydrogen-bond acceptors (Lipinski definition) is 11. The second-order valence-electron chi connectivity index (χ2n) is 11.6. The summed E-state index contributed by atoms with van der Waals surface area (Å²) in [7, 11) is 1.29. The molecule has 0 radical (unpaired) electrons. The number of aromatic amines is 1. The molecule has 5 rings (SSSR count). The summed E-state index contributed by atoms with van der Waals surface area (Å²) in [4.78, 5) is 54.9. The van der Waals surface area contributed by atoms with Crippen LogP contribution >= 0.6 is 11.6 Å². The number of carbonyl (C=O) groups excluding carboxylic acids is 4. The molecule has 2 aromatic carbocycles. The molecule has 0 saturated heterocycles. The Morgan fingerprint density at radius 3 is 2.37 bits per heavy atom. The molecule has 0 spiro atoms. The summed E-state index contributed by atoms with van der Waals surface area (Å²) < 4.78 is 28.5. The van der Waals surface area contributed by atoms with Gasteiger partial charge in [0.1, 0.15) is 24.2 Å². The van der Waals surface area contributed by atoms with E-state index in [1.807, 2.05) is 24.3 Å². The van der Waals surface area contributed by atoms with Crippen LogP contribution in [0.2, 0.25) is 0 Å². The predicted octanol–water partition coefficient (Wildman–Crippen LogP) is 2.56. The highest BCUT2D eigenvalue weighted by Crippen LogP contribution is 2.41. The van der Waals surface area contributed by atoms with Gasteiger partial charge in [-0.05, 0) is 29.3 Å². The van der Waals surface area contributed by atoms with Gasteiger partial charge in [0.25, 0.3) is 0 Å². The zero-order valence-electron chi connectivity index (χ0n) is 28.5. The first-order valence-corrected chi connectivity index (χ1v) is 17.0. The van der Waals surface area contributed by atoms with Crippen LogP contribution in [0, 0.1) is 0 Å². The molecule has 51 heavy (non-hydrogen) atoms. The van der Waals surface area contributed by atoms with Crippen molar-refractivity contribution in [2.24, 2.45) is 0 Å². The zero-order valence-corrected chi connectivity index (χ0v) is 29.2. The molecule has 3 heterocycles. The second kappa shape index (κ2) is 18.4. The number of para-hydroxylation sites is 1. The van der Waals surface area contributed by atoms with Crippen molar-refractivity contribution in [3.05, 3.63) is 82.8 Å². The number of nitrogens with zero attached hydrogens (tertiary/aromatic N) is 4. The van der Waals surface area contributed by atoms with E-state index in [-0.39, 0.29) is 24.8 Å². The van der Waals surface area contributed by atoms with Crippen molar-refractivity contribution in [2.45, 2.75) is 38.6 Å². The number of esters is 2. The lowest BCUT2D eigenvalue weighted by Crippen LogP contribution is -2.52. The molecule has 2 aromatic heterocycles. The molecule has 4 aromatic rings. The third-order valence-electron chi connectivity index (χ3n) is 8.24. The summed E-state index contributed by atoms with van der Waals surface area (Å²) in [5.74, 6) is -1.94. The molecular weight excluding hydrogens is 684 g/mol. The van der Waals surface area contributed by atoms with Gasteiger partial charge in [0.2, 0.25) is 11.8 Å². The fourth-order valence-electron chi connectivity index (χ4n) is 5.87. The maximum absolute atomic E-state index is 13.2. The number of aromatic nitrogens is 4. The lowest BCUT2D eigenvalue weighted by Gasteiger charge is -2.40. The fourth-order valence-corrected chi connectivity index (χ4v) is 6.01. The standard InChI is InChI=1S/C35H41ClN6O9/c1-23(43)37-11-13-48-15-17-50-18-16-49-14-12-41-21-26(39-40-41)22-51-34(45)25-9-7-24(8-10-25)33-32-28(27-5-3-4-6-29(27)38-32)19-30(35(46)47-2)42(33)31(44)20-36/h3-10,21,30,33,38H,11-20,22H2,1-2H3,(H,37,43)/t30-,33+/m1/s1. The van der Waals surface area contributed by atoms with Crippen molar-refractivity contribution < 1.29 is 42.9 Å². The van der Waals surface area contributed by atoms with Crippen molar-refractivity contribution in [1.82, 2.24) is 30.2 Å². The maximum Gasteiger partial charge on any atom is 0.338 e. The van der Waals surface area contributed by atoms with Gasteiger partial charge < -0.3 is 38.9 Å². The first kappa shape index (κ1) is 37.4. The van der Waals surface area contributed by atoms with Gasteiger partial charge in [0, 0.05) is 36.5 Å². The molecule has 0 bridgehead atoms. The zero-order chi connectivity index (χ0) is 36.2. The quantitative estimate of drug-likeness (QED) is 0.0876. The summed E-state index contributed by atoms with van der Waals surface area (Å²) in [6.45, 7) is 4.79. The van der Waals surface area contributed by atoms with E-state index >= 15 is 0 Å². The first-order valence-electron chi connectivity index (χ1n) is 16.5. The monoisotopic (exact) mass is 724 g/mol. The van der Waals surface area contributed by atoms with Crippen LogP contribution in [0.4, 0.5) is 0 Å². The Balaban J connectivity index is 1.12. The van der Waals surface area contributed by atoms with Gasteiger partial charge in [-0.15, -0.1) is 16.7 Å². The minimum absolute atomic E-state index is 0.0813. The van der Waals surface area contributed by atoms with Gasteiger partial charge in [0.15, 0.2) is 0 Å². The van der Waals surface area contributed by atoms with E-state index in [9.17, 15) is 19.2 Å². The molecule has 272 valence electrons. The molecule has 0 unspecified atom stereocenters. The number of H-pyrrole nitrogens is 1. The van der Waals surface area contributed by atoms with E-state index in [0.717, 1.165) is 22.2 Å². The third kappa shape index (κ3) is 9.70. The maximum atomic E-state index is 13.2. The Morgan fingerprint density at radius 1 is 0.961 bits per heavy atom. The average molecular weight is 725 g/mol. The Morgan fingerprint density at radius 2 is 1.67 bits per heavy atom. The van der Waals surface area contributed by atoms with Crippen LogP contribution in [-0.2, 0) is 57.6 Å². The summed E-state index contributed by atoms with van der Waals surface area (Å²) in [6, 6.07) is 12.9. The number of carbonyl (C=O) groups is 4. The molecule has 15 nitrogen and oxygen atoms in total. The number of nitrogens with one attached hydrogen (secondary N) is 2. The number of methoxy groups -OCH3 is 1. The Bertz CT molecular complexity index is 1790. The number of benzene rings is 2. The number of alkyl halides is 1. The number of rotatable bonds is 18. The molecule has 1 aliphatic heterocycles. The molecule has 1 aliphatic rings. The van der Waals surface area contributed by atoms with Crippen LogP contribution < -0.4 is 5.32 Å². The number of halogens is 1. The average Bonchev–Trinajstić information content (AvgIpc) is 3.77. The lowest BCUT2D eigenvalue weighted by molar-refractivity contribution is -0.154. The van der Waals surface area contributed by atoms with Gasteiger partial charge in [0.05, 0.1) is 71.1 Å². The van der Waals surface area contributed by atoms with E-state index in [0.29, 0.717) is 69.6 Å². The summed E-state index contributed by atoms with van der Waals surface area (Å²) in [5, 5.41) is 11.7. The number of amides is 2. The molecule has 0 fully saturated rings. The van der Waals surface area contributed by atoms with Crippen molar-refractivity contribution in [1.29, 1.82) is 0 Å². The van der Waals surface area contributed by atoms with Gasteiger partial charge in [-0.1, -0.05) is 35.5 Å². The van der Waals surface area contributed by atoms with Gasteiger partial charge >= 0.3 is 11.9 Å². The smallest absolute Gasteiger partial charge is 0.338 e. The molecule has 2 N–H and O–H groups in total. The predicted molar refractivity (Wildman–Crippen MR) is 184 cm³/mol. The summed E-state index contributed by atoms with van der Waals surface area (Å²) in [5.41, 5.74) is 4.00. The number of ether oxygens (including phenoxy) is 5. The molecule has 2 atom stereocenters. The largest absolute Gasteiger partial charge is 0.467 e. The minimum atomic E-state index is -0.888. The van der Waals surface area contributed by atoms with Crippen molar-refractivity contribution in [3.8, 4) is 0 Å². The van der Waals surface area contributed by atoms with Crippen molar-refractivity contribution in [2.75, 3.05) is 59.2 Å². The van der Waals surface area contributed by atoms with Crippen molar-refractivity contribution >= 4 is 46.3 Å². The third-order valence-corrected chi connectivity index (χ3v) is 8.46. The van der Waals surface area contributed by atoms with Crippen LogP contribution in [-0.4, -0.2) is 114 Å². The fraction of sp³-hybridized carbons (Fsp3) is 0.429. The first-order chi connectivity index (χ1) is 24.8. The van der Waals surface area contributed by atoms with E-state index in [1.165, 1.54) is 18.9 Å². The highest BCUT2D eigenvalue weighted by Gasteiger charge is 2.43. The normalized spacial score (nSPS) is 15.4. The lowest BCUT2D eigenvalue weighted by atomic mass is 9.87. The van der Waals surface area contributed by atoms with Gasteiger partial charge in [-0.3, -0.25) is 9.59 Å². The summed E-state index contributed by atoms with van der Waals surface area (Å²) >= 11 is 6.04. The van der Waals surface area contributed by atoms with Crippen LogP contribution in [0.5, 0.6) is 0 Å². The Labute approximate surface area is 299 Å². The van der Waals surface area contributed by atoms with E-state index in [4.69, 9.17) is 35.3 Å². The molecule has 16 heteroatoms. The molecule has 0 aliphatic carbocycles. The van der Waals surface area contributed by atoms with Crippen molar-refractivity contribution in [3.63, 3.8) is 0 Å². The number of fused-ring (bicyclic) bond motifs is 3. The molecular formula is C35H41ClN6O9. The van der Waals surface area contributed by atoms with E-state index in [1.54, 1.807) is 35.1 Å².